The van der Waals surface area contributed by atoms with Gasteiger partial charge in [0.15, 0.2) is 11.6 Å². The lowest BCUT2D eigenvalue weighted by Crippen LogP contribution is -2.25. The normalized spacial score (nSPS) is 26.5. The molecule has 0 saturated heterocycles. The zero-order valence-corrected chi connectivity index (χ0v) is 14.2. The highest BCUT2D eigenvalue weighted by molar-refractivity contribution is 6.01. The molecular formula is C20H26O2. The smallest absolute Gasteiger partial charge is 0.159 e. The van der Waals surface area contributed by atoms with Crippen LogP contribution in [0.5, 0.6) is 0 Å². The van der Waals surface area contributed by atoms with Gasteiger partial charge in [-0.2, -0.15) is 0 Å². The van der Waals surface area contributed by atoms with Crippen molar-refractivity contribution in [1.29, 1.82) is 0 Å². The van der Waals surface area contributed by atoms with E-state index >= 15 is 0 Å². The number of carbonyl (C=O) groups is 2. The van der Waals surface area contributed by atoms with E-state index < -0.39 is 0 Å². The van der Waals surface area contributed by atoms with Crippen molar-refractivity contribution in [3.05, 3.63) is 46.6 Å². The van der Waals surface area contributed by atoms with Gasteiger partial charge >= 0.3 is 0 Å². The summed E-state index contributed by atoms with van der Waals surface area (Å²) in [5.74, 6) is 0.789. The van der Waals surface area contributed by atoms with Crippen LogP contribution in [0.25, 0.3) is 0 Å². The maximum Gasteiger partial charge on any atom is 0.159 e. The minimum Gasteiger partial charge on any atom is -0.295 e. The van der Waals surface area contributed by atoms with Crippen molar-refractivity contribution in [3.8, 4) is 0 Å². The summed E-state index contributed by atoms with van der Waals surface area (Å²) in [6.45, 7) is 15.8. The van der Waals surface area contributed by atoms with Gasteiger partial charge in [-0.3, -0.25) is 9.59 Å². The van der Waals surface area contributed by atoms with Crippen LogP contribution in [-0.2, 0) is 9.59 Å². The van der Waals surface area contributed by atoms with Crippen molar-refractivity contribution >= 4 is 11.6 Å². The first-order valence-electron chi connectivity index (χ1n) is 7.99. The van der Waals surface area contributed by atoms with Gasteiger partial charge in [0.1, 0.15) is 0 Å². The third-order valence-electron chi connectivity index (χ3n) is 5.26. The molecule has 22 heavy (non-hydrogen) atoms. The number of hydrogen-bond donors (Lipinski definition) is 0. The number of hydrogen-bond acceptors (Lipinski definition) is 2. The molecule has 0 aromatic carbocycles. The van der Waals surface area contributed by atoms with Gasteiger partial charge in [0, 0.05) is 12.8 Å². The van der Waals surface area contributed by atoms with Gasteiger partial charge in [0.05, 0.1) is 0 Å². The van der Waals surface area contributed by atoms with Gasteiger partial charge in [0.25, 0.3) is 0 Å². The maximum absolute atomic E-state index is 12.3. The molecule has 0 unspecified atom stereocenters. The summed E-state index contributed by atoms with van der Waals surface area (Å²) in [6, 6.07) is 0. The van der Waals surface area contributed by atoms with Crippen LogP contribution in [0, 0.1) is 11.8 Å². The molecule has 0 aliphatic heterocycles. The molecule has 0 fully saturated rings. The molecule has 118 valence electrons. The Balaban J connectivity index is 2.47. The molecule has 0 N–H and O–H groups in total. The van der Waals surface area contributed by atoms with Crippen LogP contribution in [0.3, 0.4) is 0 Å². The molecule has 0 aromatic heterocycles. The molecular weight excluding hydrogens is 272 g/mol. The Morgan fingerprint density at radius 2 is 1.09 bits per heavy atom. The van der Waals surface area contributed by atoms with Crippen LogP contribution in [0.4, 0.5) is 0 Å². The van der Waals surface area contributed by atoms with E-state index in [9.17, 15) is 9.59 Å². The third-order valence-corrected chi connectivity index (χ3v) is 5.26. The second-order valence-electron chi connectivity index (χ2n) is 6.96. The lowest BCUT2D eigenvalue weighted by atomic mass is 9.71. The molecule has 0 amide bonds. The summed E-state index contributed by atoms with van der Waals surface area (Å²) >= 11 is 0. The molecule has 0 radical (unpaired) electrons. The molecule has 2 rings (SSSR count). The highest BCUT2D eigenvalue weighted by atomic mass is 16.1. The number of allylic oxidation sites excluding steroid dienone is 6. The van der Waals surface area contributed by atoms with Crippen LogP contribution < -0.4 is 0 Å². The third kappa shape index (κ3) is 3.06. The van der Waals surface area contributed by atoms with Crippen LogP contribution in [-0.4, -0.2) is 11.6 Å². The van der Waals surface area contributed by atoms with E-state index in [0.29, 0.717) is 12.8 Å². The summed E-state index contributed by atoms with van der Waals surface area (Å²) in [7, 11) is 0. The summed E-state index contributed by atoms with van der Waals surface area (Å²) in [6.07, 6.45) is 2.76. The molecule has 2 aliphatic rings. The summed E-state index contributed by atoms with van der Waals surface area (Å²) < 4.78 is 0. The van der Waals surface area contributed by atoms with Crippen molar-refractivity contribution in [3.63, 3.8) is 0 Å². The lowest BCUT2D eigenvalue weighted by Gasteiger charge is -2.32. The molecule has 0 bridgehead atoms. The number of Topliss-reactive ketones (excluding diaryl/α,β-unsaturated/α-hetero) is 2. The predicted octanol–water partition coefficient (Wildman–Crippen LogP) is 4.73. The molecule has 2 aliphatic carbocycles. The maximum atomic E-state index is 12.3. The van der Waals surface area contributed by atoms with Crippen LogP contribution in [0.15, 0.2) is 46.6 Å². The van der Waals surface area contributed by atoms with Crippen molar-refractivity contribution in [2.75, 3.05) is 0 Å². The van der Waals surface area contributed by atoms with E-state index in [1.165, 1.54) is 0 Å². The molecule has 0 saturated carbocycles. The van der Waals surface area contributed by atoms with E-state index in [1.54, 1.807) is 0 Å². The highest BCUT2D eigenvalue weighted by Crippen LogP contribution is 2.41. The van der Waals surface area contributed by atoms with Gasteiger partial charge in [-0.1, -0.05) is 24.3 Å². The monoisotopic (exact) mass is 298 g/mol. The van der Waals surface area contributed by atoms with Crippen LogP contribution in [0.1, 0.15) is 53.4 Å². The van der Waals surface area contributed by atoms with E-state index in [0.717, 1.165) is 46.3 Å². The minimum absolute atomic E-state index is 0.194. The number of ketones is 2. The SMILES string of the molecule is C=C(C)[C@@H]1CC(=O)C(C)=C(C2=C(C)C(=O)C[C@H](C(=C)C)C2)C1. The molecule has 0 heterocycles. The number of carbonyl (C=O) groups excluding carboxylic acids is 2. The largest absolute Gasteiger partial charge is 0.295 e. The zero-order chi connectivity index (χ0) is 16.6. The van der Waals surface area contributed by atoms with Gasteiger partial charge in [-0.25, -0.2) is 0 Å². The second kappa shape index (κ2) is 6.20. The summed E-state index contributed by atoms with van der Waals surface area (Å²) in [5, 5.41) is 0. The highest BCUT2D eigenvalue weighted by Gasteiger charge is 2.32. The van der Waals surface area contributed by atoms with Gasteiger partial charge in [0.2, 0.25) is 0 Å². The second-order valence-corrected chi connectivity index (χ2v) is 6.96. The Morgan fingerprint density at radius 3 is 1.36 bits per heavy atom. The Labute approximate surface area is 133 Å². The standard InChI is InChI=1S/C20H26O2/c1-11(2)15-7-17(13(5)19(21)9-15)18-8-16(12(3)4)10-20(22)14(18)6/h15-16H,1,3,7-10H2,2,4-6H3/t15-,16+. The Bertz CT molecular complexity index is 572. The fourth-order valence-electron chi connectivity index (χ4n) is 3.43. The van der Waals surface area contributed by atoms with Crippen LogP contribution in [0.2, 0.25) is 0 Å². The topological polar surface area (TPSA) is 34.1 Å². The summed E-state index contributed by atoms with van der Waals surface area (Å²) in [5.41, 5.74) is 5.94. The zero-order valence-electron chi connectivity index (χ0n) is 14.2. The predicted molar refractivity (Wildman–Crippen MR) is 90.5 cm³/mol. The van der Waals surface area contributed by atoms with Crippen molar-refractivity contribution in [2.24, 2.45) is 11.8 Å². The lowest BCUT2D eigenvalue weighted by molar-refractivity contribution is -0.117. The Hall–Kier alpha value is -1.70. The first-order valence-corrected chi connectivity index (χ1v) is 7.99. The molecule has 0 aromatic rings. The number of rotatable bonds is 3. The molecule has 0 spiro atoms. The van der Waals surface area contributed by atoms with E-state index in [-0.39, 0.29) is 23.4 Å². The van der Waals surface area contributed by atoms with E-state index in [1.807, 2.05) is 27.7 Å². The van der Waals surface area contributed by atoms with Gasteiger partial charge < -0.3 is 0 Å². The van der Waals surface area contributed by atoms with Crippen molar-refractivity contribution in [2.45, 2.75) is 53.4 Å². The molecule has 2 nitrogen and oxygen atoms in total. The minimum atomic E-state index is 0.194. The van der Waals surface area contributed by atoms with Crippen molar-refractivity contribution < 1.29 is 9.59 Å². The Kier molecular flexibility index (Phi) is 4.69. The van der Waals surface area contributed by atoms with Gasteiger partial charge in [-0.05, 0) is 74.7 Å². The van der Waals surface area contributed by atoms with Crippen LogP contribution >= 0.6 is 0 Å². The average molecular weight is 298 g/mol. The van der Waals surface area contributed by atoms with E-state index in [2.05, 4.69) is 13.2 Å². The first kappa shape index (κ1) is 16.7. The quantitative estimate of drug-likeness (QED) is 0.706. The van der Waals surface area contributed by atoms with Crippen molar-refractivity contribution in [1.82, 2.24) is 0 Å². The van der Waals surface area contributed by atoms with E-state index in [4.69, 9.17) is 0 Å². The molecule has 2 heteroatoms. The first-order chi connectivity index (χ1) is 10.2. The molecule has 2 atom stereocenters. The summed E-state index contributed by atoms with van der Waals surface area (Å²) in [4.78, 5) is 24.7. The average Bonchev–Trinajstić information content (AvgIpc) is 2.44. The van der Waals surface area contributed by atoms with Gasteiger partial charge in [-0.15, -0.1) is 0 Å². The fourth-order valence-corrected chi connectivity index (χ4v) is 3.43. The fraction of sp³-hybridized carbons (Fsp3) is 0.500. The Morgan fingerprint density at radius 1 is 0.773 bits per heavy atom.